The Kier molecular flexibility index (Phi) is 3.50. The van der Waals surface area contributed by atoms with Crippen LogP contribution < -0.4 is 0 Å². The van der Waals surface area contributed by atoms with Gasteiger partial charge in [0.05, 0.1) is 5.92 Å². The van der Waals surface area contributed by atoms with Crippen LogP contribution in [0, 0.1) is 18.8 Å². The average Bonchev–Trinajstić information content (AvgIpc) is 2.77. The molecule has 0 aromatic heterocycles. The van der Waals surface area contributed by atoms with E-state index in [0.29, 0.717) is 0 Å². The highest BCUT2D eigenvalue weighted by molar-refractivity contribution is 5.86. The number of hydrazine groups is 1. The zero-order chi connectivity index (χ0) is 14.1. The molecule has 1 amide bonds. The van der Waals surface area contributed by atoms with Gasteiger partial charge in [0, 0.05) is 25.2 Å². The summed E-state index contributed by atoms with van der Waals surface area (Å²) in [5.41, 5.74) is 3.35. The van der Waals surface area contributed by atoms with Crippen LogP contribution in [0.3, 0.4) is 0 Å². The third-order valence-corrected chi connectivity index (χ3v) is 4.24. The van der Waals surface area contributed by atoms with Crippen molar-refractivity contribution in [2.75, 3.05) is 19.6 Å². The lowest BCUT2D eigenvalue weighted by atomic mass is 9.93. The normalized spacial score (nSPS) is 22.4. The Labute approximate surface area is 120 Å². The second kappa shape index (κ2) is 5.30. The maximum absolute atomic E-state index is 12.6. The highest BCUT2D eigenvalue weighted by Gasteiger charge is 2.40. The van der Waals surface area contributed by atoms with Gasteiger partial charge in [-0.3, -0.25) is 9.80 Å². The number of hydrogen-bond acceptors (Lipinski definition) is 2. The molecule has 1 atom stereocenters. The molecule has 2 aliphatic heterocycles. The number of nitrogens with zero attached hydrogens (tertiary/aromatic N) is 2. The van der Waals surface area contributed by atoms with E-state index in [-0.39, 0.29) is 11.8 Å². The van der Waals surface area contributed by atoms with Crippen LogP contribution in [0.25, 0.3) is 0 Å². The van der Waals surface area contributed by atoms with Gasteiger partial charge < -0.3 is 0 Å². The minimum Gasteiger partial charge on any atom is -0.275 e. The molecule has 2 fully saturated rings. The summed E-state index contributed by atoms with van der Waals surface area (Å²) < 4.78 is 0. The molecule has 0 bridgehead atoms. The highest BCUT2D eigenvalue weighted by Crippen LogP contribution is 2.32. The van der Waals surface area contributed by atoms with Crippen molar-refractivity contribution in [3.63, 3.8) is 0 Å². The Bertz CT molecular complexity index is 597. The highest BCUT2D eigenvalue weighted by atomic mass is 16.2. The van der Waals surface area contributed by atoms with Crippen molar-refractivity contribution in [3.8, 4) is 11.8 Å². The summed E-state index contributed by atoms with van der Waals surface area (Å²) >= 11 is 0. The second-order valence-electron chi connectivity index (χ2n) is 5.58. The Morgan fingerprint density at radius 2 is 2.05 bits per heavy atom. The Hall–Kier alpha value is -1.79. The molecule has 2 aliphatic rings. The minimum absolute atomic E-state index is 0.00302. The standard InChI is InChI=1S/C17H20N2O/c1-3-6-14-7-8-15(13(2)11-14)16-12-18-9-4-5-10-19(18)17(16)20/h7-8,11,16H,4-5,9-10,12H2,1-2H3. The quantitative estimate of drug-likeness (QED) is 0.730. The van der Waals surface area contributed by atoms with Gasteiger partial charge in [-0.25, -0.2) is 5.01 Å². The summed E-state index contributed by atoms with van der Waals surface area (Å²) in [6, 6.07) is 6.20. The number of rotatable bonds is 1. The third-order valence-electron chi connectivity index (χ3n) is 4.24. The van der Waals surface area contributed by atoms with E-state index >= 15 is 0 Å². The summed E-state index contributed by atoms with van der Waals surface area (Å²) in [5.74, 6) is 6.25. The van der Waals surface area contributed by atoms with Crippen molar-refractivity contribution in [1.29, 1.82) is 0 Å². The van der Waals surface area contributed by atoms with E-state index in [1.54, 1.807) is 0 Å². The molecule has 104 valence electrons. The lowest BCUT2D eigenvalue weighted by Crippen LogP contribution is -2.43. The van der Waals surface area contributed by atoms with Gasteiger partial charge in [0.1, 0.15) is 0 Å². The van der Waals surface area contributed by atoms with Crippen molar-refractivity contribution in [1.82, 2.24) is 10.0 Å². The van der Waals surface area contributed by atoms with Crippen molar-refractivity contribution < 1.29 is 4.79 Å². The predicted molar refractivity (Wildman–Crippen MR) is 79.0 cm³/mol. The minimum atomic E-state index is -0.00302. The van der Waals surface area contributed by atoms with Gasteiger partial charge in [-0.15, -0.1) is 5.92 Å². The monoisotopic (exact) mass is 268 g/mol. The number of benzene rings is 1. The van der Waals surface area contributed by atoms with Gasteiger partial charge in [-0.1, -0.05) is 12.0 Å². The first kappa shape index (κ1) is 13.2. The third kappa shape index (κ3) is 2.21. The van der Waals surface area contributed by atoms with Gasteiger partial charge in [-0.2, -0.15) is 0 Å². The van der Waals surface area contributed by atoms with E-state index in [4.69, 9.17) is 0 Å². The lowest BCUT2D eigenvalue weighted by molar-refractivity contribution is -0.141. The van der Waals surface area contributed by atoms with Crippen LogP contribution in [-0.4, -0.2) is 35.6 Å². The first-order chi connectivity index (χ1) is 9.70. The zero-order valence-corrected chi connectivity index (χ0v) is 12.1. The largest absolute Gasteiger partial charge is 0.275 e. The smallest absolute Gasteiger partial charge is 0.245 e. The van der Waals surface area contributed by atoms with E-state index in [1.165, 1.54) is 12.0 Å². The van der Waals surface area contributed by atoms with E-state index in [9.17, 15) is 4.79 Å². The first-order valence-corrected chi connectivity index (χ1v) is 7.30. The predicted octanol–water partition coefficient (Wildman–Crippen LogP) is 2.30. The topological polar surface area (TPSA) is 23.6 Å². The molecule has 0 spiro atoms. The molecule has 2 heterocycles. The van der Waals surface area contributed by atoms with Crippen molar-refractivity contribution in [2.45, 2.75) is 32.6 Å². The van der Waals surface area contributed by atoms with Crippen LogP contribution in [0.15, 0.2) is 18.2 Å². The Morgan fingerprint density at radius 1 is 1.25 bits per heavy atom. The summed E-state index contributed by atoms with van der Waals surface area (Å²) in [4.78, 5) is 12.6. The van der Waals surface area contributed by atoms with Crippen LogP contribution in [-0.2, 0) is 4.79 Å². The SMILES string of the molecule is CC#Cc1ccc(C2CN3CCCCN3C2=O)c(C)c1. The van der Waals surface area contributed by atoms with Gasteiger partial charge in [0.2, 0.25) is 5.91 Å². The van der Waals surface area contributed by atoms with Crippen LogP contribution in [0.5, 0.6) is 0 Å². The van der Waals surface area contributed by atoms with Crippen molar-refractivity contribution in [2.24, 2.45) is 0 Å². The maximum Gasteiger partial charge on any atom is 0.245 e. The van der Waals surface area contributed by atoms with Crippen LogP contribution in [0.4, 0.5) is 0 Å². The number of carbonyl (C=O) groups is 1. The average molecular weight is 268 g/mol. The molecule has 0 aliphatic carbocycles. The molecule has 2 saturated heterocycles. The molecule has 3 heteroatoms. The van der Waals surface area contributed by atoms with Gasteiger partial charge in [-0.05, 0) is 49.9 Å². The van der Waals surface area contributed by atoms with E-state index < -0.39 is 0 Å². The fourth-order valence-electron chi connectivity index (χ4n) is 3.25. The Morgan fingerprint density at radius 3 is 2.75 bits per heavy atom. The molecule has 3 rings (SSSR count). The molecule has 1 aromatic carbocycles. The Balaban J connectivity index is 1.89. The van der Waals surface area contributed by atoms with Crippen molar-refractivity contribution in [3.05, 3.63) is 34.9 Å². The molecule has 1 aromatic rings. The number of amides is 1. The molecule has 1 unspecified atom stereocenters. The van der Waals surface area contributed by atoms with E-state index in [1.807, 2.05) is 18.0 Å². The van der Waals surface area contributed by atoms with Crippen molar-refractivity contribution >= 4 is 5.91 Å². The number of aryl methyl sites for hydroxylation is 1. The van der Waals surface area contributed by atoms with Crippen LogP contribution in [0.2, 0.25) is 0 Å². The van der Waals surface area contributed by atoms with Gasteiger partial charge in [0.15, 0.2) is 0 Å². The van der Waals surface area contributed by atoms with E-state index in [2.05, 4.69) is 35.9 Å². The summed E-state index contributed by atoms with van der Waals surface area (Å²) in [5, 5.41) is 4.17. The lowest BCUT2D eigenvalue weighted by Gasteiger charge is -2.31. The van der Waals surface area contributed by atoms with Gasteiger partial charge >= 0.3 is 0 Å². The van der Waals surface area contributed by atoms with Crippen LogP contribution in [0.1, 0.15) is 42.4 Å². The summed E-state index contributed by atoms with van der Waals surface area (Å²) in [7, 11) is 0. The van der Waals surface area contributed by atoms with E-state index in [0.717, 1.165) is 37.2 Å². The van der Waals surface area contributed by atoms with Crippen LogP contribution >= 0.6 is 0 Å². The number of hydrogen-bond donors (Lipinski definition) is 0. The zero-order valence-electron chi connectivity index (χ0n) is 12.1. The second-order valence-corrected chi connectivity index (χ2v) is 5.58. The molecule has 20 heavy (non-hydrogen) atoms. The summed E-state index contributed by atoms with van der Waals surface area (Å²) in [6.45, 7) is 6.65. The summed E-state index contributed by atoms with van der Waals surface area (Å²) in [6.07, 6.45) is 2.32. The van der Waals surface area contributed by atoms with Gasteiger partial charge in [0.25, 0.3) is 0 Å². The first-order valence-electron chi connectivity index (χ1n) is 7.30. The maximum atomic E-state index is 12.6. The molecule has 0 N–H and O–H groups in total. The fourth-order valence-corrected chi connectivity index (χ4v) is 3.25. The molecule has 3 nitrogen and oxygen atoms in total. The molecule has 0 radical (unpaired) electrons. The molecular formula is C17H20N2O. The molecule has 0 saturated carbocycles. The number of fused-ring (bicyclic) bond motifs is 1. The number of carbonyl (C=O) groups excluding carboxylic acids is 1. The fraction of sp³-hybridized carbons (Fsp3) is 0.471. The molecular weight excluding hydrogens is 248 g/mol.